The van der Waals surface area contributed by atoms with Gasteiger partial charge in [0.1, 0.15) is 12.6 Å². The Morgan fingerprint density at radius 1 is 0.923 bits per heavy atom. The Labute approximate surface area is 152 Å². The summed E-state index contributed by atoms with van der Waals surface area (Å²) < 4.78 is 23.7. The quantitative estimate of drug-likeness (QED) is 0.680. The van der Waals surface area contributed by atoms with Gasteiger partial charge in [0, 0.05) is 17.9 Å². The van der Waals surface area contributed by atoms with E-state index in [2.05, 4.69) is 38.2 Å². The summed E-state index contributed by atoms with van der Waals surface area (Å²) in [5.41, 5.74) is 5.54. The van der Waals surface area contributed by atoms with Crippen LogP contribution in [0.4, 0.5) is 0 Å². The van der Waals surface area contributed by atoms with E-state index < -0.39 is 0 Å². The van der Waals surface area contributed by atoms with Crippen molar-refractivity contribution in [1.29, 1.82) is 0 Å². The van der Waals surface area contributed by atoms with E-state index in [1.54, 1.807) is 0 Å². The van der Waals surface area contributed by atoms with Crippen LogP contribution in [0, 0.1) is 0 Å². The minimum absolute atomic E-state index is 0.330. The molecule has 0 saturated heterocycles. The van der Waals surface area contributed by atoms with Crippen molar-refractivity contribution in [2.45, 2.75) is 31.8 Å². The fourth-order valence-corrected chi connectivity index (χ4v) is 5.50. The van der Waals surface area contributed by atoms with Gasteiger partial charge < -0.3 is 23.4 Å². The summed E-state index contributed by atoms with van der Waals surface area (Å²) in [7, 11) is 2.38. The molecule has 0 unspecified atom stereocenters. The Kier molecular flexibility index (Phi) is 2.75. The van der Waals surface area contributed by atoms with Gasteiger partial charge in [-0.05, 0) is 29.3 Å². The fraction of sp³-hybridized carbons (Fsp3) is 0.429. The molecule has 2 aromatic carbocycles. The second kappa shape index (κ2) is 4.86. The molecule has 0 N–H and O–H groups in total. The average molecular weight is 352 g/mol. The Bertz CT molecular complexity index is 940. The van der Waals surface area contributed by atoms with Crippen LogP contribution in [0.1, 0.15) is 41.1 Å². The highest BCUT2D eigenvalue weighted by Crippen LogP contribution is 2.54. The van der Waals surface area contributed by atoms with Crippen molar-refractivity contribution in [2.75, 3.05) is 27.2 Å². The average Bonchev–Trinajstić information content (AvgIpc) is 3.28. The van der Waals surface area contributed by atoms with Crippen molar-refractivity contribution in [3.8, 4) is 23.0 Å². The smallest absolute Gasteiger partial charge is 0.231 e. The number of likely N-dealkylation sites (N-methyl/N-ethyl adjacent to an activating group) is 1. The number of hydrogen-bond acceptors (Lipinski definition) is 4. The van der Waals surface area contributed by atoms with E-state index in [4.69, 9.17) is 18.9 Å². The lowest BCUT2D eigenvalue weighted by Crippen LogP contribution is -2.54. The van der Waals surface area contributed by atoms with Crippen molar-refractivity contribution in [3.63, 3.8) is 0 Å². The Morgan fingerprint density at radius 3 is 2.58 bits per heavy atom. The third-order valence-electron chi connectivity index (χ3n) is 6.68. The standard InChI is InChI=1S/C21H22NO4/c1-12-14-3-4-17-21(26-11-23-17)16(14)9-22(2)6-5-13-7-18-19(25-10-24-18)8-15(13)20(12)22/h3-4,7-8,12,20H,5-6,9-11H2,1-2H3/q+1/t12-,20+,22+/m0/s1. The van der Waals surface area contributed by atoms with Crippen LogP contribution in [-0.2, 0) is 13.0 Å². The summed E-state index contributed by atoms with van der Waals surface area (Å²) in [6.45, 7) is 5.11. The van der Waals surface area contributed by atoms with Crippen molar-refractivity contribution in [1.82, 2.24) is 0 Å². The van der Waals surface area contributed by atoms with Crippen LogP contribution in [0.2, 0.25) is 0 Å². The molecule has 0 radical (unpaired) electrons. The molecular formula is C21H22NO4+. The van der Waals surface area contributed by atoms with Gasteiger partial charge in [-0.25, -0.2) is 0 Å². The largest absolute Gasteiger partial charge is 0.454 e. The molecule has 0 bridgehead atoms. The molecule has 4 heterocycles. The number of ether oxygens (including phenoxy) is 4. The molecule has 4 aliphatic heterocycles. The van der Waals surface area contributed by atoms with Crippen molar-refractivity contribution < 1.29 is 23.4 Å². The first kappa shape index (κ1) is 14.7. The Balaban J connectivity index is 1.53. The summed E-state index contributed by atoms with van der Waals surface area (Å²) in [5.74, 6) is 4.04. The highest BCUT2D eigenvalue weighted by Gasteiger charge is 2.49. The first-order valence-electron chi connectivity index (χ1n) is 9.32. The lowest BCUT2D eigenvalue weighted by Gasteiger charge is -2.51. The molecule has 26 heavy (non-hydrogen) atoms. The molecular weight excluding hydrogens is 330 g/mol. The molecule has 2 aromatic rings. The summed E-state index contributed by atoms with van der Waals surface area (Å²) >= 11 is 0. The van der Waals surface area contributed by atoms with Crippen LogP contribution in [0.15, 0.2) is 24.3 Å². The topological polar surface area (TPSA) is 36.9 Å². The van der Waals surface area contributed by atoms with E-state index in [1.807, 2.05) is 0 Å². The number of quaternary nitrogens is 1. The maximum absolute atomic E-state index is 5.83. The van der Waals surface area contributed by atoms with E-state index in [1.165, 1.54) is 22.3 Å². The molecule has 0 aliphatic carbocycles. The van der Waals surface area contributed by atoms with Crippen molar-refractivity contribution >= 4 is 0 Å². The third kappa shape index (κ3) is 1.79. The van der Waals surface area contributed by atoms with Crippen LogP contribution in [0.25, 0.3) is 0 Å². The van der Waals surface area contributed by atoms with Crippen LogP contribution in [0.5, 0.6) is 23.0 Å². The van der Waals surface area contributed by atoms with Crippen LogP contribution in [0.3, 0.4) is 0 Å². The summed E-state index contributed by atoms with van der Waals surface area (Å²) in [4.78, 5) is 0. The molecule has 0 aromatic heterocycles. The number of benzene rings is 2. The molecule has 0 spiro atoms. The van der Waals surface area contributed by atoms with Gasteiger partial charge in [-0.2, -0.15) is 0 Å². The Morgan fingerprint density at radius 2 is 1.69 bits per heavy atom. The number of rotatable bonds is 0. The normalized spacial score (nSPS) is 29.8. The van der Waals surface area contributed by atoms with Crippen molar-refractivity contribution in [3.05, 3.63) is 46.5 Å². The zero-order valence-corrected chi connectivity index (χ0v) is 15.1. The second-order valence-corrected chi connectivity index (χ2v) is 8.12. The summed E-state index contributed by atoms with van der Waals surface area (Å²) in [5, 5.41) is 0. The highest BCUT2D eigenvalue weighted by atomic mass is 16.7. The lowest BCUT2D eigenvalue weighted by molar-refractivity contribution is -0.957. The van der Waals surface area contributed by atoms with Gasteiger partial charge >= 0.3 is 0 Å². The molecule has 5 heteroatoms. The molecule has 0 saturated carbocycles. The maximum atomic E-state index is 5.83. The highest BCUT2D eigenvalue weighted by molar-refractivity contribution is 5.56. The third-order valence-corrected chi connectivity index (χ3v) is 6.68. The summed E-state index contributed by atoms with van der Waals surface area (Å²) in [6.07, 6.45) is 1.06. The van der Waals surface area contributed by atoms with Gasteiger partial charge in [-0.1, -0.05) is 13.0 Å². The molecule has 0 fully saturated rings. The van der Waals surface area contributed by atoms with Crippen LogP contribution >= 0.6 is 0 Å². The minimum Gasteiger partial charge on any atom is -0.454 e. The monoisotopic (exact) mass is 352 g/mol. The van der Waals surface area contributed by atoms with E-state index in [9.17, 15) is 0 Å². The van der Waals surface area contributed by atoms with E-state index in [0.29, 0.717) is 25.5 Å². The number of hydrogen-bond donors (Lipinski definition) is 0. The molecule has 0 amide bonds. The van der Waals surface area contributed by atoms with Gasteiger partial charge in [0.2, 0.25) is 13.6 Å². The maximum Gasteiger partial charge on any atom is 0.231 e. The first-order valence-corrected chi connectivity index (χ1v) is 9.32. The molecule has 3 atom stereocenters. The zero-order valence-electron chi connectivity index (χ0n) is 15.1. The minimum atomic E-state index is 0.330. The second-order valence-electron chi connectivity index (χ2n) is 8.12. The zero-order chi connectivity index (χ0) is 17.5. The first-order chi connectivity index (χ1) is 12.6. The predicted octanol–water partition coefficient (Wildman–Crippen LogP) is 3.51. The van der Waals surface area contributed by atoms with E-state index in [-0.39, 0.29) is 0 Å². The Hall–Kier alpha value is -2.40. The SMILES string of the molecule is C[C@H]1c2ccc3c(c2C[N@@+]2(C)CCc4cc5c(cc4[C@@H]12)OCO5)OCO3. The molecule has 4 aliphatic rings. The molecule has 5 nitrogen and oxygen atoms in total. The van der Waals surface area contributed by atoms with Gasteiger partial charge in [-0.3, -0.25) is 0 Å². The lowest BCUT2D eigenvalue weighted by atomic mass is 9.75. The summed E-state index contributed by atoms with van der Waals surface area (Å²) in [6, 6.07) is 9.14. The van der Waals surface area contributed by atoms with Gasteiger partial charge in [0.25, 0.3) is 0 Å². The molecule has 6 rings (SSSR count). The van der Waals surface area contributed by atoms with Crippen molar-refractivity contribution in [2.24, 2.45) is 0 Å². The van der Waals surface area contributed by atoms with E-state index >= 15 is 0 Å². The van der Waals surface area contributed by atoms with Crippen LogP contribution < -0.4 is 18.9 Å². The number of nitrogens with zero attached hydrogens (tertiary/aromatic N) is 1. The predicted molar refractivity (Wildman–Crippen MR) is 94.7 cm³/mol. The van der Waals surface area contributed by atoms with Crippen LogP contribution in [-0.4, -0.2) is 31.7 Å². The van der Waals surface area contributed by atoms with E-state index in [0.717, 1.165) is 47.0 Å². The van der Waals surface area contributed by atoms with Gasteiger partial charge in [-0.15, -0.1) is 0 Å². The van der Waals surface area contributed by atoms with Gasteiger partial charge in [0.15, 0.2) is 23.0 Å². The molecule has 134 valence electrons. The fourth-order valence-electron chi connectivity index (χ4n) is 5.50. The number of fused-ring (bicyclic) bond motifs is 7. The van der Waals surface area contributed by atoms with Gasteiger partial charge in [0.05, 0.1) is 19.2 Å².